The van der Waals surface area contributed by atoms with Gasteiger partial charge in [-0.05, 0) is 36.8 Å². The Balaban J connectivity index is 1.76. The standard InChI is InChI=1S/C14H19N3O3/c1-9(10-2-3-10)7-16-14(20)17-12-5-4-11(15-8-12)6-13(18)19/h4-5,8-10H,2-3,6-7H2,1H3,(H,18,19)(H2,16,17,20). The molecule has 1 aliphatic carbocycles. The molecule has 1 atom stereocenters. The summed E-state index contributed by atoms with van der Waals surface area (Å²) >= 11 is 0. The Hall–Kier alpha value is -2.11. The van der Waals surface area contributed by atoms with Gasteiger partial charge in [0.2, 0.25) is 0 Å². The average molecular weight is 277 g/mol. The highest BCUT2D eigenvalue weighted by molar-refractivity contribution is 5.89. The third-order valence-electron chi connectivity index (χ3n) is 3.43. The van der Waals surface area contributed by atoms with Crippen molar-refractivity contribution in [2.45, 2.75) is 26.2 Å². The number of urea groups is 1. The molecule has 20 heavy (non-hydrogen) atoms. The molecule has 1 saturated carbocycles. The molecule has 0 saturated heterocycles. The number of pyridine rings is 1. The smallest absolute Gasteiger partial charge is 0.319 e. The number of carbonyl (C=O) groups excluding carboxylic acids is 1. The Bertz CT molecular complexity index is 483. The molecule has 1 aliphatic rings. The molecule has 0 aliphatic heterocycles. The van der Waals surface area contributed by atoms with Crippen LogP contribution in [0.4, 0.5) is 10.5 Å². The van der Waals surface area contributed by atoms with E-state index in [4.69, 9.17) is 5.11 Å². The molecule has 1 heterocycles. The minimum absolute atomic E-state index is 0.120. The van der Waals surface area contributed by atoms with Crippen molar-refractivity contribution in [3.63, 3.8) is 0 Å². The Morgan fingerprint density at radius 2 is 2.20 bits per heavy atom. The van der Waals surface area contributed by atoms with E-state index in [0.717, 1.165) is 5.92 Å². The number of hydrogen-bond acceptors (Lipinski definition) is 3. The normalized spacial score (nSPS) is 15.4. The van der Waals surface area contributed by atoms with Crippen molar-refractivity contribution in [2.24, 2.45) is 11.8 Å². The molecule has 6 heteroatoms. The average Bonchev–Trinajstić information content (AvgIpc) is 3.22. The highest BCUT2D eigenvalue weighted by Crippen LogP contribution is 2.36. The molecule has 1 aromatic rings. The van der Waals surface area contributed by atoms with Crippen molar-refractivity contribution in [3.8, 4) is 0 Å². The molecule has 2 amide bonds. The van der Waals surface area contributed by atoms with Crippen LogP contribution in [0.3, 0.4) is 0 Å². The summed E-state index contributed by atoms with van der Waals surface area (Å²) < 4.78 is 0. The zero-order valence-corrected chi connectivity index (χ0v) is 11.4. The van der Waals surface area contributed by atoms with Gasteiger partial charge >= 0.3 is 12.0 Å². The van der Waals surface area contributed by atoms with Gasteiger partial charge in [0.15, 0.2) is 0 Å². The molecule has 3 N–H and O–H groups in total. The van der Waals surface area contributed by atoms with Crippen molar-refractivity contribution in [2.75, 3.05) is 11.9 Å². The summed E-state index contributed by atoms with van der Waals surface area (Å²) in [5, 5.41) is 14.1. The van der Waals surface area contributed by atoms with Gasteiger partial charge in [0, 0.05) is 6.54 Å². The van der Waals surface area contributed by atoms with E-state index >= 15 is 0 Å². The van der Waals surface area contributed by atoms with Crippen LogP contribution in [-0.2, 0) is 11.2 Å². The summed E-state index contributed by atoms with van der Waals surface area (Å²) in [6.07, 6.45) is 3.87. The fraction of sp³-hybridized carbons (Fsp3) is 0.500. The number of aromatic nitrogens is 1. The summed E-state index contributed by atoms with van der Waals surface area (Å²) in [7, 11) is 0. The second kappa shape index (κ2) is 6.36. The first-order chi connectivity index (χ1) is 9.54. The van der Waals surface area contributed by atoms with E-state index in [1.54, 1.807) is 12.1 Å². The van der Waals surface area contributed by atoms with Crippen LogP contribution >= 0.6 is 0 Å². The summed E-state index contributed by atoms with van der Waals surface area (Å²) in [5.41, 5.74) is 1.02. The first kappa shape index (κ1) is 14.3. The van der Waals surface area contributed by atoms with Crippen molar-refractivity contribution in [1.82, 2.24) is 10.3 Å². The van der Waals surface area contributed by atoms with Crippen LogP contribution in [0.25, 0.3) is 0 Å². The number of carboxylic acid groups (broad SMARTS) is 1. The number of amides is 2. The minimum atomic E-state index is -0.926. The largest absolute Gasteiger partial charge is 0.481 e. The van der Waals surface area contributed by atoms with Crippen molar-refractivity contribution >= 4 is 17.7 Å². The van der Waals surface area contributed by atoms with Crippen LogP contribution in [0.5, 0.6) is 0 Å². The van der Waals surface area contributed by atoms with Crippen molar-refractivity contribution in [1.29, 1.82) is 0 Å². The molecule has 108 valence electrons. The van der Waals surface area contributed by atoms with Crippen LogP contribution in [0.1, 0.15) is 25.5 Å². The molecule has 0 bridgehead atoms. The maximum absolute atomic E-state index is 11.7. The van der Waals surface area contributed by atoms with E-state index in [1.807, 2.05) is 0 Å². The molecular weight excluding hydrogens is 258 g/mol. The van der Waals surface area contributed by atoms with Gasteiger partial charge < -0.3 is 15.7 Å². The molecule has 2 rings (SSSR count). The van der Waals surface area contributed by atoms with E-state index in [9.17, 15) is 9.59 Å². The maximum atomic E-state index is 11.7. The molecule has 0 spiro atoms. The molecular formula is C14H19N3O3. The zero-order valence-electron chi connectivity index (χ0n) is 11.4. The van der Waals surface area contributed by atoms with E-state index in [1.165, 1.54) is 19.0 Å². The highest BCUT2D eigenvalue weighted by Gasteiger charge is 2.27. The number of anilines is 1. The Morgan fingerprint density at radius 3 is 2.75 bits per heavy atom. The lowest BCUT2D eigenvalue weighted by molar-refractivity contribution is -0.136. The van der Waals surface area contributed by atoms with E-state index < -0.39 is 5.97 Å². The van der Waals surface area contributed by atoms with Gasteiger partial charge in [-0.25, -0.2) is 4.79 Å². The van der Waals surface area contributed by atoms with Gasteiger partial charge in [-0.3, -0.25) is 9.78 Å². The fourth-order valence-corrected chi connectivity index (χ4v) is 2.02. The molecule has 1 fully saturated rings. The summed E-state index contributed by atoms with van der Waals surface area (Å²) in [6.45, 7) is 2.81. The quantitative estimate of drug-likeness (QED) is 0.740. The van der Waals surface area contributed by atoms with Crippen LogP contribution in [-0.4, -0.2) is 28.6 Å². The number of nitrogens with zero attached hydrogens (tertiary/aromatic N) is 1. The van der Waals surface area contributed by atoms with Crippen molar-refractivity contribution < 1.29 is 14.7 Å². The lowest BCUT2D eigenvalue weighted by atomic mass is 10.1. The van der Waals surface area contributed by atoms with Crippen LogP contribution < -0.4 is 10.6 Å². The number of aliphatic carboxylic acids is 1. The number of carbonyl (C=O) groups is 2. The van der Waals surface area contributed by atoms with Gasteiger partial charge in [0.25, 0.3) is 0 Å². The second-order valence-electron chi connectivity index (χ2n) is 5.26. The molecule has 0 aromatic carbocycles. The first-order valence-electron chi connectivity index (χ1n) is 6.76. The zero-order chi connectivity index (χ0) is 14.5. The first-order valence-corrected chi connectivity index (χ1v) is 6.76. The second-order valence-corrected chi connectivity index (χ2v) is 5.26. The summed E-state index contributed by atoms with van der Waals surface area (Å²) in [5.74, 6) is 0.342. The summed E-state index contributed by atoms with van der Waals surface area (Å²) in [6, 6.07) is 2.98. The maximum Gasteiger partial charge on any atom is 0.319 e. The monoisotopic (exact) mass is 277 g/mol. The molecule has 1 unspecified atom stereocenters. The SMILES string of the molecule is CC(CNC(=O)Nc1ccc(CC(=O)O)nc1)C1CC1. The fourth-order valence-electron chi connectivity index (χ4n) is 2.02. The van der Waals surface area contributed by atoms with Gasteiger partial charge in [-0.15, -0.1) is 0 Å². The predicted molar refractivity (Wildman–Crippen MR) is 74.5 cm³/mol. The predicted octanol–water partition coefficient (Wildman–Crippen LogP) is 1.88. The summed E-state index contributed by atoms with van der Waals surface area (Å²) in [4.78, 5) is 26.2. The Labute approximate surface area is 117 Å². The van der Waals surface area contributed by atoms with E-state index in [0.29, 0.717) is 23.8 Å². The lowest BCUT2D eigenvalue weighted by Gasteiger charge is -2.12. The van der Waals surface area contributed by atoms with Gasteiger partial charge in [-0.1, -0.05) is 6.92 Å². The molecule has 1 aromatic heterocycles. The highest BCUT2D eigenvalue weighted by atomic mass is 16.4. The van der Waals surface area contributed by atoms with Crippen molar-refractivity contribution in [3.05, 3.63) is 24.0 Å². The number of nitrogens with one attached hydrogen (secondary N) is 2. The number of hydrogen-bond donors (Lipinski definition) is 3. The van der Waals surface area contributed by atoms with Crippen LogP contribution in [0, 0.1) is 11.8 Å². The number of rotatable bonds is 6. The van der Waals surface area contributed by atoms with E-state index in [-0.39, 0.29) is 12.5 Å². The van der Waals surface area contributed by atoms with E-state index in [2.05, 4.69) is 22.5 Å². The van der Waals surface area contributed by atoms with Gasteiger partial charge in [0.1, 0.15) is 0 Å². The van der Waals surface area contributed by atoms with Crippen LogP contribution in [0.2, 0.25) is 0 Å². The third-order valence-corrected chi connectivity index (χ3v) is 3.43. The Morgan fingerprint density at radius 1 is 1.45 bits per heavy atom. The minimum Gasteiger partial charge on any atom is -0.481 e. The van der Waals surface area contributed by atoms with Gasteiger partial charge in [0.05, 0.1) is 24.0 Å². The lowest BCUT2D eigenvalue weighted by Crippen LogP contribution is -2.32. The molecule has 6 nitrogen and oxygen atoms in total. The Kier molecular flexibility index (Phi) is 4.55. The number of carboxylic acids is 1. The third kappa shape index (κ3) is 4.53. The van der Waals surface area contributed by atoms with Crippen LogP contribution in [0.15, 0.2) is 18.3 Å². The molecule has 0 radical (unpaired) electrons. The van der Waals surface area contributed by atoms with Gasteiger partial charge in [-0.2, -0.15) is 0 Å². The topological polar surface area (TPSA) is 91.3 Å².